The van der Waals surface area contributed by atoms with E-state index in [9.17, 15) is 0 Å². The number of nitrogens with zero attached hydrogens (tertiary/aromatic N) is 1. The summed E-state index contributed by atoms with van der Waals surface area (Å²) in [6, 6.07) is 9.01. The van der Waals surface area contributed by atoms with Gasteiger partial charge in [-0.3, -0.25) is 4.90 Å². The van der Waals surface area contributed by atoms with Crippen molar-refractivity contribution in [3.05, 3.63) is 29.8 Å². The van der Waals surface area contributed by atoms with Gasteiger partial charge < -0.3 is 10.1 Å². The number of likely N-dealkylation sites (tertiary alicyclic amines) is 1. The van der Waals surface area contributed by atoms with Crippen LogP contribution in [0, 0.1) is 0 Å². The summed E-state index contributed by atoms with van der Waals surface area (Å²) in [4.78, 5) is 2.61. The van der Waals surface area contributed by atoms with E-state index in [1.165, 1.54) is 31.4 Å². The molecule has 1 saturated heterocycles. The van der Waals surface area contributed by atoms with Crippen LogP contribution in [0.4, 0.5) is 0 Å². The molecule has 1 aliphatic heterocycles. The number of hydrogen-bond donors (Lipinski definition) is 1. The zero-order valence-corrected chi connectivity index (χ0v) is 14.0. The molecule has 0 aliphatic carbocycles. The van der Waals surface area contributed by atoms with Crippen molar-refractivity contribution in [3.63, 3.8) is 0 Å². The Balaban J connectivity index is 2.01. The van der Waals surface area contributed by atoms with Crippen LogP contribution in [-0.4, -0.2) is 36.7 Å². The topological polar surface area (TPSA) is 24.5 Å². The molecule has 0 bridgehead atoms. The summed E-state index contributed by atoms with van der Waals surface area (Å²) in [6.45, 7) is 9.95. The Hall–Kier alpha value is -1.06. The third kappa shape index (κ3) is 5.01. The first-order chi connectivity index (χ1) is 9.99. The van der Waals surface area contributed by atoms with Crippen LogP contribution in [0.3, 0.4) is 0 Å². The van der Waals surface area contributed by atoms with Crippen LogP contribution in [0.1, 0.15) is 45.6 Å². The lowest BCUT2D eigenvalue weighted by Crippen LogP contribution is -2.49. The molecule has 0 saturated carbocycles. The molecule has 3 nitrogen and oxygen atoms in total. The fourth-order valence-corrected chi connectivity index (χ4v) is 2.98. The van der Waals surface area contributed by atoms with Gasteiger partial charge in [-0.2, -0.15) is 0 Å². The normalized spacial score (nSPS) is 20.5. The summed E-state index contributed by atoms with van der Waals surface area (Å²) in [6.07, 6.45) is 3.94. The third-order valence-electron chi connectivity index (χ3n) is 4.18. The SMILES string of the molecule is COc1ccccc1CN1CCCCC1CNC(C)(C)C. The summed E-state index contributed by atoms with van der Waals surface area (Å²) in [5.41, 5.74) is 1.48. The van der Waals surface area contributed by atoms with E-state index in [-0.39, 0.29) is 5.54 Å². The van der Waals surface area contributed by atoms with Gasteiger partial charge in [-0.05, 0) is 46.2 Å². The molecule has 1 unspecified atom stereocenters. The second-order valence-corrected chi connectivity index (χ2v) is 7.06. The number of piperidine rings is 1. The summed E-state index contributed by atoms with van der Waals surface area (Å²) in [5, 5.41) is 3.66. The van der Waals surface area contributed by atoms with Crippen molar-refractivity contribution in [1.82, 2.24) is 10.2 Å². The summed E-state index contributed by atoms with van der Waals surface area (Å²) in [5.74, 6) is 1.01. The maximum atomic E-state index is 5.49. The van der Waals surface area contributed by atoms with Crippen LogP contribution < -0.4 is 10.1 Å². The van der Waals surface area contributed by atoms with E-state index in [2.05, 4.69) is 49.2 Å². The van der Waals surface area contributed by atoms with Crippen LogP contribution in [0.2, 0.25) is 0 Å². The average molecular weight is 290 g/mol. The van der Waals surface area contributed by atoms with E-state index < -0.39 is 0 Å². The minimum atomic E-state index is 0.188. The largest absolute Gasteiger partial charge is 0.496 e. The van der Waals surface area contributed by atoms with Crippen molar-refractivity contribution < 1.29 is 4.74 Å². The van der Waals surface area contributed by atoms with E-state index in [0.717, 1.165) is 18.8 Å². The van der Waals surface area contributed by atoms with Gasteiger partial charge in [-0.25, -0.2) is 0 Å². The van der Waals surface area contributed by atoms with E-state index in [1.807, 2.05) is 6.07 Å². The van der Waals surface area contributed by atoms with Crippen LogP contribution in [0.25, 0.3) is 0 Å². The van der Waals surface area contributed by atoms with Crippen LogP contribution in [-0.2, 0) is 6.54 Å². The fraction of sp³-hybridized carbons (Fsp3) is 0.667. The number of nitrogens with one attached hydrogen (secondary N) is 1. The molecule has 2 rings (SSSR count). The van der Waals surface area contributed by atoms with E-state index in [1.54, 1.807) is 7.11 Å². The number of benzene rings is 1. The van der Waals surface area contributed by atoms with Crippen LogP contribution in [0.5, 0.6) is 5.75 Å². The molecule has 0 aromatic heterocycles. The molecule has 0 amide bonds. The predicted octanol–water partition coefficient (Wildman–Crippen LogP) is 3.44. The van der Waals surface area contributed by atoms with Crippen molar-refractivity contribution >= 4 is 0 Å². The second-order valence-electron chi connectivity index (χ2n) is 7.06. The van der Waals surface area contributed by atoms with Gasteiger partial charge in [0.05, 0.1) is 7.11 Å². The standard InChI is InChI=1S/C18H30N2O/c1-18(2,3)19-13-16-10-7-8-12-20(16)14-15-9-5-6-11-17(15)21-4/h5-6,9,11,16,19H,7-8,10,12-14H2,1-4H3. The molecule has 1 aliphatic rings. The summed E-state index contributed by atoms with van der Waals surface area (Å²) in [7, 11) is 1.76. The third-order valence-corrected chi connectivity index (χ3v) is 4.18. The molecule has 118 valence electrons. The van der Waals surface area contributed by atoms with Crippen LogP contribution >= 0.6 is 0 Å². The molecule has 0 radical (unpaired) electrons. The zero-order chi connectivity index (χ0) is 15.3. The summed E-state index contributed by atoms with van der Waals surface area (Å²) < 4.78 is 5.49. The number of para-hydroxylation sites is 1. The highest BCUT2D eigenvalue weighted by molar-refractivity contribution is 5.33. The quantitative estimate of drug-likeness (QED) is 0.899. The minimum absolute atomic E-state index is 0.188. The molecular weight excluding hydrogens is 260 g/mol. The van der Waals surface area contributed by atoms with Gasteiger partial charge in [0.25, 0.3) is 0 Å². The lowest BCUT2D eigenvalue weighted by molar-refractivity contribution is 0.130. The van der Waals surface area contributed by atoms with Gasteiger partial charge >= 0.3 is 0 Å². The Bertz CT molecular complexity index is 439. The van der Waals surface area contributed by atoms with E-state index in [0.29, 0.717) is 6.04 Å². The summed E-state index contributed by atoms with van der Waals surface area (Å²) >= 11 is 0. The maximum Gasteiger partial charge on any atom is 0.123 e. The Kier molecular flexibility index (Phi) is 5.65. The molecule has 1 aromatic carbocycles. The molecular formula is C18H30N2O. The highest BCUT2D eigenvalue weighted by atomic mass is 16.5. The molecule has 21 heavy (non-hydrogen) atoms. The molecule has 1 aromatic rings. The van der Waals surface area contributed by atoms with Gasteiger partial charge in [0.1, 0.15) is 5.75 Å². The number of methoxy groups -OCH3 is 1. The smallest absolute Gasteiger partial charge is 0.123 e. The molecule has 1 atom stereocenters. The van der Waals surface area contributed by atoms with Crippen molar-refractivity contribution in [2.24, 2.45) is 0 Å². The zero-order valence-electron chi connectivity index (χ0n) is 14.0. The second kappa shape index (κ2) is 7.28. The van der Waals surface area contributed by atoms with Crippen molar-refractivity contribution in [3.8, 4) is 5.75 Å². The Morgan fingerprint density at radius 3 is 2.71 bits per heavy atom. The number of hydrogen-bond acceptors (Lipinski definition) is 3. The average Bonchev–Trinajstić information content (AvgIpc) is 2.46. The van der Waals surface area contributed by atoms with Gasteiger partial charge in [-0.1, -0.05) is 24.6 Å². The van der Waals surface area contributed by atoms with E-state index in [4.69, 9.17) is 4.74 Å². The highest BCUT2D eigenvalue weighted by Crippen LogP contribution is 2.24. The fourth-order valence-electron chi connectivity index (χ4n) is 2.98. The first kappa shape index (κ1) is 16.3. The lowest BCUT2D eigenvalue weighted by atomic mass is 9.99. The lowest BCUT2D eigenvalue weighted by Gasteiger charge is -2.37. The monoisotopic (exact) mass is 290 g/mol. The first-order valence-corrected chi connectivity index (χ1v) is 8.10. The van der Waals surface area contributed by atoms with Crippen molar-refractivity contribution in [2.75, 3.05) is 20.2 Å². The van der Waals surface area contributed by atoms with Crippen molar-refractivity contribution in [1.29, 1.82) is 0 Å². The van der Waals surface area contributed by atoms with Gasteiger partial charge in [0.2, 0.25) is 0 Å². The highest BCUT2D eigenvalue weighted by Gasteiger charge is 2.24. The van der Waals surface area contributed by atoms with Gasteiger partial charge in [0, 0.05) is 30.2 Å². The maximum absolute atomic E-state index is 5.49. The molecule has 0 spiro atoms. The van der Waals surface area contributed by atoms with Gasteiger partial charge in [-0.15, -0.1) is 0 Å². The number of rotatable bonds is 5. The Labute approximate surface area is 129 Å². The molecule has 1 fully saturated rings. The molecule has 3 heteroatoms. The minimum Gasteiger partial charge on any atom is -0.496 e. The van der Waals surface area contributed by atoms with Gasteiger partial charge in [0.15, 0.2) is 0 Å². The molecule has 1 heterocycles. The van der Waals surface area contributed by atoms with E-state index >= 15 is 0 Å². The number of ether oxygens (including phenoxy) is 1. The first-order valence-electron chi connectivity index (χ1n) is 8.10. The Morgan fingerprint density at radius 2 is 2.00 bits per heavy atom. The predicted molar refractivity (Wildman–Crippen MR) is 88.8 cm³/mol. The molecule has 1 N–H and O–H groups in total. The van der Waals surface area contributed by atoms with Crippen molar-refractivity contribution in [2.45, 2.75) is 58.2 Å². The Morgan fingerprint density at radius 1 is 1.24 bits per heavy atom. The van der Waals surface area contributed by atoms with Crippen LogP contribution in [0.15, 0.2) is 24.3 Å².